The molecule has 0 amide bonds. The summed E-state index contributed by atoms with van der Waals surface area (Å²) in [6.07, 6.45) is -4.32. The van der Waals surface area contributed by atoms with Crippen LogP contribution in [0, 0.1) is 0 Å². The predicted octanol–water partition coefficient (Wildman–Crippen LogP) is 3.33. The maximum atomic E-state index is 12.5. The molecule has 0 saturated carbocycles. The van der Waals surface area contributed by atoms with Gasteiger partial charge in [-0.3, -0.25) is 0 Å². The van der Waals surface area contributed by atoms with Gasteiger partial charge in [-0.25, -0.2) is 0 Å². The molecule has 1 aromatic rings. The Morgan fingerprint density at radius 3 is 2.56 bits per heavy atom. The van der Waals surface area contributed by atoms with Gasteiger partial charge in [-0.2, -0.15) is 13.2 Å². The fourth-order valence-electron chi connectivity index (χ4n) is 1.29. The molecule has 0 saturated heterocycles. The summed E-state index contributed by atoms with van der Waals surface area (Å²) >= 11 is 6.03. The molecule has 0 aliphatic heterocycles. The first-order chi connectivity index (χ1) is 7.36. The van der Waals surface area contributed by atoms with Crippen molar-refractivity contribution in [2.45, 2.75) is 17.6 Å². The SMILES string of the molecule is C=C(C[SiH3])C(Cl)c1cccc(C(F)(F)F)c1. The lowest BCUT2D eigenvalue weighted by molar-refractivity contribution is -0.137. The van der Waals surface area contributed by atoms with E-state index < -0.39 is 17.1 Å². The van der Waals surface area contributed by atoms with Crippen LogP contribution in [0.4, 0.5) is 13.2 Å². The third-order valence-corrected chi connectivity index (χ3v) is 3.79. The van der Waals surface area contributed by atoms with Crippen molar-refractivity contribution in [3.63, 3.8) is 0 Å². The summed E-state index contributed by atoms with van der Waals surface area (Å²) in [5, 5.41) is -0.528. The molecule has 0 aliphatic rings. The highest BCUT2D eigenvalue weighted by Crippen LogP contribution is 2.34. The lowest BCUT2D eigenvalue weighted by atomic mass is 10.0. The van der Waals surface area contributed by atoms with Crippen LogP contribution in [0.3, 0.4) is 0 Å². The molecular weight excluding hydrogens is 253 g/mol. The van der Waals surface area contributed by atoms with Gasteiger partial charge >= 0.3 is 6.18 Å². The van der Waals surface area contributed by atoms with E-state index in [2.05, 4.69) is 6.58 Å². The molecule has 0 aliphatic carbocycles. The molecular formula is C11H12ClF3Si. The fraction of sp³-hybridized carbons (Fsp3) is 0.273. The van der Waals surface area contributed by atoms with E-state index in [1.165, 1.54) is 6.07 Å². The Kier molecular flexibility index (Phi) is 4.21. The molecule has 0 radical (unpaired) electrons. The van der Waals surface area contributed by atoms with Gasteiger partial charge in [0, 0.05) is 10.2 Å². The Hall–Kier alpha value is -0.743. The molecule has 16 heavy (non-hydrogen) atoms. The minimum Gasteiger partial charge on any atom is -0.166 e. The van der Waals surface area contributed by atoms with Crippen LogP contribution in [0.15, 0.2) is 36.4 Å². The monoisotopic (exact) mass is 264 g/mol. The lowest BCUT2D eigenvalue weighted by Gasteiger charge is -2.14. The number of alkyl halides is 4. The second kappa shape index (κ2) is 5.06. The first kappa shape index (κ1) is 13.3. The fourth-order valence-corrected chi connectivity index (χ4v) is 2.24. The Morgan fingerprint density at radius 1 is 1.44 bits per heavy atom. The third-order valence-electron chi connectivity index (χ3n) is 2.32. The van der Waals surface area contributed by atoms with Crippen molar-refractivity contribution < 1.29 is 13.2 Å². The van der Waals surface area contributed by atoms with Crippen molar-refractivity contribution >= 4 is 21.8 Å². The van der Waals surface area contributed by atoms with Crippen LogP contribution in [0.1, 0.15) is 16.5 Å². The molecule has 0 nitrogen and oxygen atoms in total. The second-order valence-electron chi connectivity index (χ2n) is 3.50. The zero-order valence-electron chi connectivity index (χ0n) is 8.81. The number of allylic oxidation sites excluding steroid dienone is 1. The van der Waals surface area contributed by atoms with Crippen LogP contribution in [0.25, 0.3) is 0 Å². The summed E-state index contributed by atoms with van der Waals surface area (Å²) in [5.74, 6) is 0. The molecule has 1 rings (SSSR count). The van der Waals surface area contributed by atoms with E-state index in [0.717, 1.165) is 34.0 Å². The second-order valence-corrected chi connectivity index (χ2v) is 4.64. The molecule has 0 spiro atoms. The van der Waals surface area contributed by atoms with Crippen molar-refractivity contribution in [2.75, 3.05) is 0 Å². The molecule has 0 bridgehead atoms. The van der Waals surface area contributed by atoms with Crippen molar-refractivity contribution in [1.82, 2.24) is 0 Å². The van der Waals surface area contributed by atoms with Gasteiger partial charge in [0.2, 0.25) is 0 Å². The van der Waals surface area contributed by atoms with Crippen LogP contribution in [-0.4, -0.2) is 10.2 Å². The maximum Gasteiger partial charge on any atom is 0.416 e. The van der Waals surface area contributed by atoms with Gasteiger partial charge in [0.1, 0.15) is 0 Å². The predicted molar refractivity (Wildman–Crippen MR) is 63.9 cm³/mol. The number of halogens is 4. The van der Waals surface area contributed by atoms with Crippen molar-refractivity contribution in [3.8, 4) is 0 Å². The summed E-state index contributed by atoms with van der Waals surface area (Å²) in [7, 11) is 0.905. The van der Waals surface area contributed by atoms with E-state index in [0.29, 0.717) is 5.56 Å². The zero-order chi connectivity index (χ0) is 12.3. The van der Waals surface area contributed by atoms with Crippen LogP contribution in [-0.2, 0) is 6.18 Å². The van der Waals surface area contributed by atoms with E-state index in [9.17, 15) is 13.2 Å². The topological polar surface area (TPSA) is 0 Å². The largest absolute Gasteiger partial charge is 0.416 e. The van der Waals surface area contributed by atoms with E-state index in [1.807, 2.05) is 0 Å². The van der Waals surface area contributed by atoms with Crippen LogP contribution >= 0.6 is 11.6 Å². The summed E-state index contributed by atoms with van der Waals surface area (Å²) in [4.78, 5) is 0. The maximum absolute atomic E-state index is 12.5. The van der Waals surface area contributed by atoms with Gasteiger partial charge in [0.25, 0.3) is 0 Å². The molecule has 0 aromatic heterocycles. The van der Waals surface area contributed by atoms with Gasteiger partial charge in [-0.15, -0.1) is 11.6 Å². The Labute approximate surface area is 101 Å². The highest BCUT2D eigenvalue weighted by atomic mass is 35.5. The van der Waals surface area contributed by atoms with Crippen LogP contribution < -0.4 is 0 Å². The van der Waals surface area contributed by atoms with Gasteiger partial charge in [-0.05, 0) is 23.7 Å². The number of hydrogen-bond acceptors (Lipinski definition) is 0. The molecule has 0 fully saturated rings. The minimum absolute atomic E-state index is 0.456. The van der Waals surface area contributed by atoms with Gasteiger partial charge in [0.05, 0.1) is 10.9 Å². The van der Waals surface area contributed by atoms with Crippen molar-refractivity contribution in [2.24, 2.45) is 0 Å². The Bertz CT molecular complexity index is 387. The number of benzene rings is 1. The van der Waals surface area contributed by atoms with E-state index in [4.69, 9.17) is 11.6 Å². The average Bonchev–Trinajstić information content (AvgIpc) is 2.26. The van der Waals surface area contributed by atoms with Crippen molar-refractivity contribution in [1.29, 1.82) is 0 Å². The van der Waals surface area contributed by atoms with Gasteiger partial charge in [-0.1, -0.05) is 24.3 Å². The van der Waals surface area contributed by atoms with Gasteiger partial charge < -0.3 is 0 Å². The molecule has 0 N–H and O–H groups in total. The highest BCUT2D eigenvalue weighted by Gasteiger charge is 2.30. The molecule has 1 atom stereocenters. The minimum atomic E-state index is -4.32. The van der Waals surface area contributed by atoms with Crippen molar-refractivity contribution in [3.05, 3.63) is 47.5 Å². The van der Waals surface area contributed by atoms with Crippen LogP contribution in [0.2, 0.25) is 6.04 Å². The molecule has 1 aromatic carbocycles. The molecule has 1 unspecified atom stereocenters. The van der Waals surface area contributed by atoms with E-state index in [-0.39, 0.29) is 0 Å². The summed E-state index contributed by atoms with van der Waals surface area (Å²) in [6, 6.07) is 5.87. The standard InChI is InChI=1S/C11H12ClF3Si/c1-7(6-16)10(12)8-3-2-4-9(5-8)11(13,14)15/h2-5,10H,1,6H2,16H3. The third kappa shape index (κ3) is 3.12. The zero-order valence-corrected chi connectivity index (χ0v) is 11.6. The highest BCUT2D eigenvalue weighted by molar-refractivity contribution is 6.23. The van der Waals surface area contributed by atoms with Crippen LogP contribution in [0.5, 0.6) is 0 Å². The van der Waals surface area contributed by atoms with E-state index >= 15 is 0 Å². The smallest absolute Gasteiger partial charge is 0.166 e. The average molecular weight is 265 g/mol. The molecule has 88 valence electrons. The summed E-state index contributed by atoms with van der Waals surface area (Å²) in [5.41, 5.74) is 0.557. The quantitative estimate of drug-likeness (QED) is 0.446. The summed E-state index contributed by atoms with van der Waals surface area (Å²) in [6.45, 7) is 3.76. The number of rotatable bonds is 3. The molecule has 5 heteroatoms. The Morgan fingerprint density at radius 2 is 2.06 bits per heavy atom. The molecule has 0 heterocycles. The summed E-state index contributed by atoms with van der Waals surface area (Å²) < 4.78 is 37.4. The normalized spacial score (nSPS) is 13.8. The first-order valence-electron chi connectivity index (χ1n) is 4.85. The van der Waals surface area contributed by atoms with Gasteiger partial charge in [0.15, 0.2) is 0 Å². The number of hydrogen-bond donors (Lipinski definition) is 0. The lowest BCUT2D eigenvalue weighted by Crippen LogP contribution is -2.06. The Balaban J connectivity index is 3.04. The first-order valence-corrected chi connectivity index (χ1v) is 6.70. The van der Waals surface area contributed by atoms with E-state index in [1.54, 1.807) is 6.07 Å².